The maximum absolute atomic E-state index is 9.74. The molecular formula is C19H25BO3. The molecule has 1 aromatic rings. The summed E-state index contributed by atoms with van der Waals surface area (Å²) in [6, 6.07) is 7.16. The summed E-state index contributed by atoms with van der Waals surface area (Å²) >= 11 is 0. The Morgan fingerprint density at radius 1 is 1.39 bits per heavy atom. The summed E-state index contributed by atoms with van der Waals surface area (Å²) in [7, 11) is -0.713. The van der Waals surface area contributed by atoms with Crippen LogP contribution in [-0.4, -0.2) is 23.4 Å². The predicted molar refractivity (Wildman–Crippen MR) is 96.2 cm³/mol. The molecule has 2 rings (SSSR count). The zero-order chi connectivity index (χ0) is 16.8. The van der Waals surface area contributed by atoms with Crippen molar-refractivity contribution in [3.63, 3.8) is 0 Å². The van der Waals surface area contributed by atoms with Gasteiger partial charge in [0.15, 0.2) is 0 Å². The lowest BCUT2D eigenvalue weighted by Crippen LogP contribution is -2.31. The van der Waals surface area contributed by atoms with E-state index in [1.165, 1.54) is 5.57 Å². The molecule has 1 heterocycles. The molecule has 0 saturated carbocycles. The molecule has 0 aliphatic carbocycles. The minimum Gasteiger partial charge on any atom is -0.508 e. The number of phenols is 1. The number of rotatable bonds is 6. The fourth-order valence-electron chi connectivity index (χ4n) is 2.76. The van der Waals surface area contributed by atoms with E-state index in [1.807, 2.05) is 12.1 Å². The Labute approximate surface area is 139 Å². The molecule has 0 spiro atoms. The van der Waals surface area contributed by atoms with Crippen LogP contribution in [0, 0.1) is 0 Å². The van der Waals surface area contributed by atoms with Crippen LogP contribution in [0.25, 0.3) is 6.08 Å². The molecular weight excluding hydrogens is 287 g/mol. The van der Waals surface area contributed by atoms with Crippen molar-refractivity contribution < 1.29 is 14.8 Å². The van der Waals surface area contributed by atoms with E-state index in [9.17, 15) is 10.1 Å². The van der Waals surface area contributed by atoms with Crippen LogP contribution in [0.2, 0.25) is 6.32 Å². The Balaban J connectivity index is 2.00. The highest BCUT2D eigenvalue weighted by atomic mass is 16.5. The second-order valence-corrected chi connectivity index (χ2v) is 6.05. The van der Waals surface area contributed by atoms with Gasteiger partial charge >= 0.3 is 7.12 Å². The summed E-state index contributed by atoms with van der Waals surface area (Å²) in [6.45, 7) is 8.28. The first-order valence-electron chi connectivity index (χ1n) is 8.17. The maximum atomic E-state index is 9.74. The van der Waals surface area contributed by atoms with Gasteiger partial charge in [-0.3, -0.25) is 0 Å². The van der Waals surface area contributed by atoms with Gasteiger partial charge in [0.2, 0.25) is 0 Å². The summed E-state index contributed by atoms with van der Waals surface area (Å²) < 4.78 is 5.70. The molecule has 0 fully saturated rings. The summed E-state index contributed by atoms with van der Waals surface area (Å²) in [4.78, 5) is 0. The zero-order valence-electron chi connectivity index (χ0n) is 14.0. The van der Waals surface area contributed by atoms with Crippen molar-refractivity contribution in [2.24, 2.45) is 0 Å². The van der Waals surface area contributed by atoms with Gasteiger partial charge in [-0.25, -0.2) is 0 Å². The van der Waals surface area contributed by atoms with Crippen LogP contribution in [0.5, 0.6) is 5.75 Å². The van der Waals surface area contributed by atoms with Crippen LogP contribution < -0.4 is 0 Å². The topological polar surface area (TPSA) is 49.7 Å². The van der Waals surface area contributed by atoms with Gasteiger partial charge in [-0.2, -0.15) is 0 Å². The van der Waals surface area contributed by atoms with E-state index in [4.69, 9.17) is 4.65 Å². The molecule has 0 amide bonds. The van der Waals surface area contributed by atoms with E-state index >= 15 is 0 Å². The first-order valence-corrected chi connectivity index (χ1v) is 8.17. The number of allylic oxidation sites excluding steroid dienone is 2. The highest BCUT2D eigenvalue weighted by Gasteiger charge is 2.27. The molecule has 4 heteroatoms. The Morgan fingerprint density at radius 3 is 2.74 bits per heavy atom. The van der Waals surface area contributed by atoms with Gasteiger partial charge in [0.05, 0.1) is 6.10 Å². The van der Waals surface area contributed by atoms with Crippen LogP contribution in [0.15, 0.2) is 53.6 Å². The lowest BCUT2D eigenvalue weighted by atomic mass is 9.77. The Hall–Kier alpha value is -1.78. The van der Waals surface area contributed by atoms with Crippen molar-refractivity contribution in [3.05, 3.63) is 59.2 Å². The molecule has 1 atom stereocenters. The first-order chi connectivity index (χ1) is 11.0. The average Bonchev–Trinajstić information content (AvgIpc) is 2.54. The van der Waals surface area contributed by atoms with E-state index in [-0.39, 0.29) is 11.9 Å². The molecule has 3 nitrogen and oxygen atoms in total. The van der Waals surface area contributed by atoms with Crippen LogP contribution in [0.1, 0.15) is 38.7 Å². The minimum absolute atomic E-state index is 0.0885. The molecule has 0 radical (unpaired) electrons. The van der Waals surface area contributed by atoms with Crippen LogP contribution in [-0.2, 0) is 4.65 Å². The summed E-state index contributed by atoms with van der Waals surface area (Å²) in [6.07, 6.45) is 7.21. The normalized spacial score (nSPS) is 18.7. The summed E-state index contributed by atoms with van der Waals surface area (Å²) in [5.41, 5.74) is 4.52. The third kappa shape index (κ3) is 5.12. The Bertz CT molecular complexity index is 602. The maximum Gasteiger partial charge on any atom is 0.458 e. The quantitative estimate of drug-likeness (QED) is 0.768. The third-order valence-corrected chi connectivity index (χ3v) is 4.15. The van der Waals surface area contributed by atoms with Crippen molar-refractivity contribution in [3.8, 4) is 5.75 Å². The van der Waals surface area contributed by atoms with Gasteiger partial charge in [0, 0.05) is 6.32 Å². The van der Waals surface area contributed by atoms with Gasteiger partial charge in [-0.1, -0.05) is 48.9 Å². The lowest BCUT2D eigenvalue weighted by molar-refractivity contribution is 0.183. The predicted octanol–water partition coefficient (Wildman–Crippen LogP) is 4.35. The van der Waals surface area contributed by atoms with Crippen LogP contribution in [0.3, 0.4) is 0 Å². The van der Waals surface area contributed by atoms with E-state index in [2.05, 4.69) is 32.6 Å². The summed E-state index contributed by atoms with van der Waals surface area (Å²) in [5, 5.41) is 19.1. The minimum atomic E-state index is -0.713. The Morgan fingerprint density at radius 2 is 2.09 bits per heavy atom. The molecule has 1 aliphatic rings. The molecule has 23 heavy (non-hydrogen) atoms. The van der Waals surface area contributed by atoms with Gasteiger partial charge in [0.25, 0.3) is 0 Å². The number of hydrogen-bond acceptors (Lipinski definition) is 3. The molecule has 122 valence electrons. The van der Waals surface area contributed by atoms with Crippen molar-refractivity contribution >= 4 is 13.2 Å². The number of hydrogen-bond donors (Lipinski definition) is 2. The van der Waals surface area contributed by atoms with Gasteiger partial charge < -0.3 is 14.8 Å². The molecule has 1 aliphatic heterocycles. The number of phenolic OH excluding ortho intramolecular Hbond substituents is 1. The van der Waals surface area contributed by atoms with Crippen molar-refractivity contribution in [1.82, 2.24) is 0 Å². The monoisotopic (exact) mass is 312 g/mol. The number of aromatic hydroxyl groups is 1. The smallest absolute Gasteiger partial charge is 0.458 e. The van der Waals surface area contributed by atoms with Crippen molar-refractivity contribution in [1.29, 1.82) is 0 Å². The third-order valence-electron chi connectivity index (χ3n) is 4.15. The largest absolute Gasteiger partial charge is 0.508 e. The van der Waals surface area contributed by atoms with Gasteiger partial charge in [-0.15, -0.1) is 0 Å². The fraction of sp³-hybridized carbons (Fsp3) is 0.368. The molecule has 0 saturated heterocycles. The zero-order valence-corrected chi connectivity index (χ0v) is 14.0. The van der Waals surface area contributed by atoms with Gasteiger partial charge in [-0.05, 0) is 49.5 Å². The van der Waals surface area contributed by atoms with Crippen molar-refractivity contribution in [2.75, 3.05) is 0 Å². The van der Waals surface area contributed by atoms with Crippen molar-refractivity contribution in [2.45, 2.75) is 45.5 Å². The molecule has 1 unspecified atom stereocenters. The molecule has 0 aromatic heterocycles. The second-order valence-electron chi connectivity index (χ2n) is 6.05. The fourth-order valence-corrected chi connectivity index (χ4v) is 2.76. The van der Waals surface area contributed by atoms with E-state index in [0.717, 1.165) is 36.0 Å². The molecule has 2 N–H and O–H groups in total. The van der Waals surface area contributed by atoms with Gasteiger partial charge in [0.1, 0.15) is 5.75 Å². The van der Waals surface area contributed by atoms with E-state index in [1.54, 1.807) is 12.1 Å². The highest BCUT2D eigenvalue weighted by Crippen LogP contribution is 2.28. The van der Waals surface area contributed by atoms with Crippen LogP contribution in [0.4, 0.5) is 0 Å². The second kappa shape index (κ2) is 8.18. The van der Waals surface area contributed by atoms with E-state index in [0.29, 0.717) is 6.32 Å². The highest BCUT2D eigenvalue weighted by molar-refractivity contribution is 6.43. The summed E-state index contributed by atoms with van der Waals surface area (Å²) in [5.74, 6) is 0.275. The van der Waals surface area contributed by atoms with E-state index < -0.39 is 7.12 Å². The average molecular weight is 312 g/mol. The number of benzene rings is 1. The molecule has 0 bridgehead atoms. The van der Waals surface area contributed by atoms with Crippen LogP contribution >= 0.6 is 0 Å². The standard InChI is InChI=1S/C19H25BO3/c1-4-15(3)18-11-12-20(22)23-19(18)10-5-14(2)13-16-6-8-17(21)9-7-16/h6-9,11,13,19,21-22H,3-5,10,12H2,1-2H3/b14-13+. The Kier molecular flexibility index (Phi) is 6.25. The SMILES string of the molecule is C=C(CC)C1=CCB(O)OC1CC/C(C)=C/c1ccc(O)cc1. The molecule has 1 aromatic carbocycles. The first kappa shape index (κ1) is 17.6. The lowest BCUT2D eigenvalue weighted by Gasteiger charge is -2.28.